The first-order chi connectivity index (χ1) is 12.4. The molecular formula is C20H30FN3O2. The van der Waals surface area contributed by atoms with Crippen molar-refractivity contribution in [2.45, 2.75) is 51.6 Å². The van der Waals surface area contributed by atoms with Gasteiger partial charge in [0.05, 0.1) is 18.9 Å². The normalized spacial score (nSPS) is 22.8. The fourth-order valence-electron chi connectivity index (χ4n) is 4.23. The third-order valence-electron chi connectivity index (χ3n) is 5.75. The number of piperidine rings is 1. The van der Waals surface area contributed by atoms with E-state index in [1.165, 1.54) is 0 Å². The van der Waals surface area contributed by atoms with Crippen LogP contribution in [0.3, 0.4) is 0 Å². The second-order valence-electron chi connectivity index (χ2n) is 7.75. The van der Waals surface area contributed by atoms with E-state index in [9.17, 15) is 9.18 Å². The lowest BCUT2D eigenvalue weighted by molar-refractivity contribution is -0.145. The first kappa shape index (κ1) is 19.1. The summed E-state index contributed by atoms with van der Waals surface area (Å²) in [6.07, 6.45) is 1.70. The van der Waals surface area contributed by atoms with Gasteiger partial charge >= 0.3 is 0 Å². The van der Waals surface area contributed by atoms with Gasteiger partial charge in [-0.1, -0.05) is 0 Å². The number of carbonyl (C=O) groups excluding carboxylic acids is 1. The topological polar surface area (TPSA) is 58.8 Å². The highest BCUT2D eigenvalue weighted by Crippen LogP contribution is 2.32. The number of benzene rings is 1. The number of nitrogens with zero attached hydrogens (tertiary/aromatic N) is 2. The second kappa shape index (κ2) is 7.92. The predicted octanol–water partition coefficient (Wildman–Crippen LogP) is 2.53. The van der Waals surface area contributed by atoms with Gasteiger partial charge in [0.25, 0.3) is 0 Å². The zero-order chi connectivity index (χ0) is 18.8. The minimum Gasteiger partial charge on any atom is -0.396 e. The molecule has 5 nitrogen and oxygen atoms in total. The smallest absolute Gasteiger partial charge is 0.242 e. The highest BCUT2D eigenvalue weighted by atomic mass is 19.1. The van der Waals surface area contributed by atoms with E-state index in [2.05, 4.69) is 18.7 Å². The van der Waals surface area contributed by atoms with Crippen molar-refractivity contribution in [3.05, 3.63) is 29.1 Å². The summed E-state index contributed by atoms with van der Waals surface area (Å²) in [7, 11) is 0. The molecule has 0 spiro atoms. The van der Waals surface area contributed by atoms with Gasteiger partial charge in [0, 0.05) is 25.7 Å². The summed E-state index contributed by atoms with van der Waals surface area (Å²) in [4.78, 5) is 17.2. The number of anilines is 1. The minimum absolute atomic E-state index is 0.164. The van der Waals surface area contributed by atoms with Crippen LogP contribution in [-0.4, -0.2) is 60.6 Å². The molecule has 3 rings (SSSR count). The zero-order valence-corrected chi connectivity index (χ0v) is 16.0. The van der Waals surface area contributed by atoms with Gasteiger partial charge in [0.15, 0.2) is 0 Å². The summed E-state index contributed by atoms with van der Waals surface area (Å²) >= 11 is 0. The molecule has 2 aliphatic rings. The first-order valence-corrected chi connectivity index (χ1v) is 9.56. The summed E-state index contributed by atoms with van der Waals surface area (Å²) in [5.41, 5.74) is 7.91. The maximum Gasteiger partial charge on any atom is 0.242 e. The number of nitrogen functional groups attached to an aromatic ring is 1. The Labute approximate surface area is 155 Å². The molecule has 144 valence electrons. The lowest BCUT2D eigenvalue weighted by Gasteiger charge is -2.41. The number of morpholine rings is 1. The van der Waals surface area contributed by atoms with Crippen LogP contribution in [0.2, 0.25) is 0 Å². The first-order valence-electron chi connectivity index (χ1n) is 9.56. The van der Waals surface area contributed by atoms with E-state index in [-0.39, 0.29) is 29.4 Å². The molecular weight excluding hydrogens is 333 g/mol. The van der Waals surface area contributed by atoms with Crippen molar-refractivity contribution in [1.82, 2.24) is 9.80 Å². The maximum atomic E-state index is 13.9. The Bertz CT molecular complexity index is 657. The SMILES string of the molecule is Cc1cc(N)c(F)cc1C1CCN(C(=O)[C@@H]2COCCN2C(C)C)CC1. The van der Waals surface area contributed by atoms with Crippen LogP contribution in [0.5, 0.6) is 0 Å². The van der Waals surface area contributed by atoms with Crippen LogP contribution in [-0.2, 0) is 9.53 Å². The largest absolute Gasteiger partial charge is 0.396 e. The molecule has 2 saturated heterocycles. The molecule has 1 aromatic carbocycles. The quantitative estimate of drug-likeness (QED) is 0.839. The Morgan fingerprint density at radius 1 is 1.27 bits per heavy atom. The summed E-state index contributed by atoms with van der Waals surface area (Å²) in [5.74, 6) is 0.0889. The van der Waals surface area contributed by atoms with E-state index in [1.54, 1.807) is 12.1 Å². The number of nitrogens with two attached hydrogens (primary N) is 1. The molecule has 6 heteroatoms. The van der Waals surface area contributed by atoms with Crippen LogP contribution in [0.25, 0.3) is 0 Å². The molecule has 0 aromatic heterocycles. The van der Waals surface area contributed by atoms with E-state index in [4.69, 9.17) is 10.5 Å². The number of hydrogen-bond acceptors (Lipinski definition) is 4. The number of likely N-dealkylation sites (tertiary alicyclic amines) is 1. The van der Waals surface area contributed by atoms with E-state index < -0.39 is 0 Å². The van der Waals surface area contributed by atoms with Crippen LogP contribution in [0.15, 0.2) is 12.1 Å². The molecule has 1 aromatic rings. The molecule has 1 amide bonds. The van der Waals surface area contributed by atoms with E-state index in [0.717, 1.165) is 30.5 Å². The lowest BCUT2D eigenvalue weighted by Crippen LogP contribution is -2.57. The van der Waals surface area contributed by atoms with Crippen molar-refractivity contribution in [3.8, 4) is 0 Å². The van der Waals surface area contributed by atoms with Crippen molar-refractivity contribution < 1.29 is 13.9 Å². The molecule has 2 heterocycles. The average molecular weight is 363 g/mol. The van der Waals surface area contributed by atoms with Gasteiger partial charge < -0.3 is 15.4 Å². The Hall–Kier alpha value is -1.66. The van der Waals surface area contributed by atoms with Crippen LogP contribution < -0.4 is 5.73 Å². The predicted molar refractivity (Wildman–Crippen MR) is 101 cm³/mol. The number of aryl methyl sites for hydroxylation is 1. The third kappa shape index (κ3) is 3.86. The fourth-order valence-corrected chi connectivity index (χ4v) is 4.23. The Kier molecular flexibility index (Phi) is 5.82. The van der Waals surface area contributed by atoms with Gasteiger partial charge in [-0.25, -0.2) is 4.39 Å². The second-order valence-corrected chi connectivity index (χ2v) is 7.75. The number of rotatable bonds is 3. The van der Waals surface area contributed by atoms with Gasteiger partial charge in [-0.05, 0) is 62.8 Å². The number of carbonyl (C=O) groups is 1. The number of hydrogen-bond donors (Lipinski definition) is 1. The van der Waals surface area contributed by atoms with Crippen LogP contribution >= 0.6 is 0 Å². The highest BCUT2D eigenvalue weighted by molar-refractivity contribution is 5.82. The van der Waals surface area contributed by atoms with Crippen molar-refractivity contribution in [2.24, 2.45) is 0 Å². The summed E-state index contributed by atoms with van der Waals surface area (Å²) in [6.45, 7) is 9.59. The van der Waals surface area contributed by atoms with Crippen molar-refractivity contribution >= 4 is 11.6 Å². The number of amides is 1. The summed E-state index contributed by atoms with van der Waals surface area (Å²) in [5, 5.41) is 0. The third-order valence-corrected chi connectivity index (χ3v) is 5.75. The van der Waals surface area contributed by atoms with E-state index in [0.29, 0.717) is 32.3 Å². The molecule has 26 heavy (non-hydrogen) atoms. The van der Waals surface area contributed by atoms with Crippen molar-refractivity contribution in [3.63, 3.8) is 0 Å². The molecule has 2 fully saturated rings. The highest BCUT2D eigenvalue weighted by Gasteiger charge is 2.35. The number of halogens is 1. The van der Waals surface area contributed by atoms with Crippen molar-refractivity contribution in [1.29, 1.82) is 0 Å². The molecule has 0 bridgehead atoms. The Balaban J connectivity index is 1.65. The molecule has 2 aliphatic heterocycles. The van der Waals surface area contributed by atoms with Gasteiger partial charge in [0.1, 0.15) is 11.9 Å². The standard InChI is InChI=1S/C20H30FN3O2/c1-13(2)24-8-9-26-12-19(24)20(25)23-6-4-15(5-7-23)16-11-17(21)18(22)10-14(16)3/h10-11,13,15,19H,4-9,12,22H2,1-3H3/t19-/m0/s1. The molecule has 0 aliphatic carbocycles. The fraction of sp³-hybridized carbons (Fsp3) is 0.650. The number of ether oxygens (including phenoxy) is 1. The molecule has 0 saturated carbocycles. The summed E-state index contributed by atoms with van der Waals surface area (Å²) < 4.78 is 19.4. The zero-order valence-electron chi connectivity index (χ0n) is 16.0. The summed E-state index contributed by atoms with van der Waals surface area (Å²) in [6, 6.07) is 3.42. The Morgan fingerprint density at radius 3 is 2.62 bits per heavy atom. The minimum atomic E-state index is -0.351. The van der Waals surface area contributed by atoms with E-state index >= 15 is 0 Å². The van der Waals surface area contributed by atoms with E-state index in [1.807, 2.05) is 11.8 Å². The van der Waals surface area contributed by atoms with Gasteiger partial charge in [0.2, 0.25) is 5.91 Å². The van der Waals surface area contributed by atoms with Crippen LogP contribution in [0.1, 0.15) is 43.7 Å². The molecule has 0 unspecified atom stereocenters. The van der Waals surface area contributed by atoms with Crippen LogP contribution in [0, 0.1) is 12.7 Å². The van der Waals surface area contributed by atoms with Crippen molar-refractivity contribution in [2.75, 3.05) is 38.6 Å². The molecule has 1 atom stereocenters. The lowest BCUT2D eigenvalue weighted by atomic mass is 9.86. The molecule has 2 N–H and O–H groups in total. The van der Waals surface area contributed by atoms with Gasteiger partial charge in [-0.2, -0.15) is 0 Å². The monoisotopic (exact) mass is 363 g/mol. The molecule has 0 radical (unpaired) electrons. The Morgan fingerprint density at radius 2 is 1.96 bits per heavy atom. The van der Waals surface area contributed by atoms with Gasteiger partial charge in [-0.3, -0.25) is 9.69 Å². The van der Waals surface area contributed by atoms with Gasteiger partial charge in [-0.15, -0.1) is 0 Å². The van der Waals surface area contributed by atoms with Crippen LogP contribution in [0.4, 0.5) is 10.1 Å². The average Bonchev–Trinajstić information content (AvgIpc) is 2.64. The maximum absolute atomic E-state index is 13.9.